The molecule has 0 atom stereocenters. The Kier molecular flexibility index (Phi) is 7.97. The van der Waals surface area contributed by atoms with E-state index in [1.54, 1.807) is 23.5 Å². The number of hydrogen-bond donors (Lipinski definition) is 2. The van der Waals surface area contributed by atoms with Crippen LogP contribution in [0.4, 0.5) is 16.5 Å². The average molecular weight is 502 g/mol. The van der Waals surface area contributed by atoms with Gasteiger partial charge < -0.3 is 10.1 Å². The number of nitrogens with zero attached hydrogens (tertiary/aromatic N) is 1. The highest BCUT2D eigenvalue weighted by atomic mass is 35.5. The summed E-state index contributed by atoms with van der Waals surface area (Å²) in [6.07, 6.45) is 1.13. The number of sulfonamides is 1. The Balaban J connectivity index is 0.00000306. The van der Waals surface area contributed by atoms with E-state index in [2.05, 4.69) is 10.0 Å². The minimum atomic E-state index is -3.30. The van der Waals surface area contributed by atoms with Crippen LogP contribution in [0.25, 0.3) is 11.3 Å². The van der Waals surface area contributed by atoms with Crippen molar-refractivity contribution in [1.29, 1.82) is 0 Å². The highest BCUT2D eigenvalue weighted by Gasteiger charge is 2.11. The fraction of sp³-hybridized carbons (Fsp3) is 0.125. The number of ether oxygens (including phenoxy) is 1. The molecule has 3 aromatic carbocycles. The van der Waals surface area contributed by atoms with Crippen molar-refractivity contribution < 1.29 is 13.2 Å². The lowest BCUT2D eigenvalue weighted by atomic mass is 10.1. The van der Waals surface area contributed by atoms with Gasteiger partial charge in [0.2, 0.25) is 10.0 Å². The summed E-state index contributed by atoms with van der Waals surface area (Å²) in [5.41, 5.74) is 4.37. The van der Waals surface area contributed by atoms with Crippen LogP contribution >= 0.6 is 23.7 Å². The molecule has 1 aromatic heterocycles. The summed E-state index contributed by atoms with van der Waals surface area (Å²) >= 11 is 1.56. The lowest BCUT2D eigenvalue weighted by Gasteiger charge is -2.08. The van der Waals surface area contributed by atoms with Crippen molar-refractivity contribution in [3.63, 3.8) is 0 Å². The molecular formula is C24H24ClN3O3S2. The standard InChI is InChI=1S/C24H23N3O3S2.ClH/c1-17-23(19-8-10-21(11-9-19)27-32(2,28)29)26-24(31-17)25-20-12-14-22(15-13-20)30-16-18-6-4-3-5-7-18;/h3-15,27H,16H2,1-2H3,(H,25,26);1H. The Hall–Kier alpha value is -3.07. The molecule has 0 amide bonds. The first-order valence-electron chi connectivity index (χ1n) is 9.95. The van der Waals surface area contributed by atoms with Crippen LogP contribution in [0.3, 0.4) is 0 Å². The largest absolute Gasteiger partial charge is 0.489 e. The molecule has 33 heavy (non-hydrogen) atoms. The summed E-state index contributed by atoms with van der Waals surface area (Å²) in [6.45, 7) is 2.54. The molecule has 0 saturated carbocycles. The van der Waals surface area contributed by atoms with E-state index in [-0.39, 0.29) is 12.4 Å². The molecule has 0 radical (unpaired) electrons. The van der Waals surface area contributed by atoms with Gasteiger partial charge in [-0.05, 0) is 48.9 Å². The van der Waals surface area contributed by atoms with Gasteiger partial charge in [0.15, 0.2) is 5.13 Å². The SMILES string of the molecule is Cc1sc(Nc2ccc(OCc3ccccc3)cc2)nc1-c1ccc(NS(C)(=O)=O)cc1.Cl. The normalized spacial score (nSPS) is 10.8. The van der Waals surface area contributed by atoms with Gasteiger partial charge in [-0.25, -0.2) is 13.4 Å². The van der Waals surface area contributed by atoms with Crippen LogP contribution in [-0.4, -0.2) is 19.7 Å². The number of anilines is 3. The highest BCUT2D eigenvalue weighted by molar-refractivity contribution is 7.92. The van der Waals surface area contributed by atoms with E-state index in [9.17, 15) is 8.42 Å². The third kappa shape index (κ3) is 6.95. The number of hydrogen-bond acceptors (Lipinski definition) is 6. The molecule has 0 aliphatic carbocycles. The molecule has 0 spiro atoms. The minimum Gasteiger partial charge on any atom is -0.489 e. The fourth-order valence-corrected chi connectivity index (χ4v) is 4.55. The molecular weight excluding hydrogens is 478 g/mol. The van der Waals surface area contributed by atoms with E-state index in [0.717, 1.165) is 44.5 Å². The summed E-state index contributed by atoms with van der Waals surface area (Å²) in [5, 5.41) is 4.12. The van der Waals surface area contributed by atoms with Gasteiger partial charge in [0.25, 0.3) is 0 Å². The van der Waals surface area contributed by atoms with Crippen LogP contribution in [0, 0.1) is 6.92 Å². The smallest absolute Gasteiger partial charge is 0.229 e. The second-order valence-electron chi connectivity index (χ2n) is 7.30. The molecule has 2 N–H and O–H groups in total. The molecule has 0 bridgehead atoms. The number of aromatic nitrogens is 1. The second kappa shape index (κ2) is 10.7. The second-order valence-corrected chi connectivity index (χ2v) is 10.3. The number of nitrogens with one attached hydrogen (secondary N) is 2. The average Bonchev–Trinajstić information content (AvgIpc) is 3.13. The van der Waals surface area contributed by atoms with E-state index < -0.39 is 10.0 Å². The molecule has 172 valence electrons. The molecule has 0 fully saturated rings. The van der Waals surface area contributed by atoms with E-state index in [1.165, 1.54) is 0 Å². The van der Waals surface area contributed by atoms with Gasteiger partial charge in [0.1, 0.15) is 12.4 Å². The third-order valence-electron chi connectivity index (χ3n) is 4.61. The van der Waals surface area contributed by atoms with Gasteiger partial charge in [0.05, 0.1) is 11.9 Å². The summed E-state index contributed by atoms with van der Waals surface area (Å²) < 4.78 is 31.0. The van der Waals surface area contributed by atoms with E-state index >= 15 is 0 Å². The molecule has 9 heteroatoms. The maximum atomic E-state index is 11.4. The molecule has 0 unspecified atom stereocenters. The monoisotopic (exact) mass is 501 g/mol. The molecule has 4 aromatic rings. The highest BCUT2D eigenvalue weighted by Crippen LogP contribution is 2.33. The Morgan fingerprint density at radius 1 is 0.909 bits per heavy atom. The summed E-state index contributed by atoms with van der Waals surface area (Å²) in [7, 11) is -3.30. The van der Waals surface area contributed by atoms with Crippen LogP contribution in [0.1, 0.15) is 10.4 Å². The van der Waals surface area contributed by atoms with Crippen LogP contribution in [0.15, 0.2) is 78.9 Å². The van der Waals surface area contributed by atoms with Gasteiger partial charge in [-0.1, -0.05) is 42.5 Å². The summed E-state index contributed by atoms with van der Waals surface area (Å²) in [6, 6.07) is 25.0. The zero-order valence-corrected chi connectivity index (χ0v) is 20.6. The first-order valence-corrected chi connectivity index (χ1v) is 12.7. The molecule has 1 heterocycles. The van der Waals surface area contributed by atoms with Gasteiger partial charge in [-0.15, -0.1) is 23.7 Å². The van der Waals surface area contributed by atoms with Crippen molar-refractivity contribution >= 4 is 50.3 Å². The van der Waals surface area contributed by atoms with E-state index in [0.29, 0.717) is 12.3 Å². The Morgan fingerprint density at radius 3 is 2.18 bits per heavy atom. The molecule has 0 saturated heterocycles. The third-order valence-corrected chi connectivity index (χ3v) is 6.10. The van der Waals surface area contributed by atoms with Crippen molar-refractivity contribution in [1.82, 2.24) is 4.98 Å². The zero-order valence-electron chi connectivity index (χ0n) is 18.1. The van der Waals surface area contributed by atoms with Crippen molar-refractivity contribution in [2.24, 2.45) is 0 Å². The lowest BCUT2D eigenvalue weighted by Crippen LogP contribution is -2.09. The topological polar surface area (TPSA) is 80.3 Å². The van der Waals surface area contributed by atoms with Gasteiger partial charge >= 0.3 is 0 Å². The summed E-state index contributed by atoms with van der Waals surface area (Å²) in [5.74, 6) is 0.804. The molecule has 0 aliphatic rings. The van der Waals surface area contributed by atoms with E-state index in [1.807, 2.05) is 73.7 Å². The van der Waals surface area contributed by atoms with Crippen molar-refractivity contribution in [3.8, 4) is 17.0 Å². The van der Waals surface area contributed by atoms with Crippen LogP contribution in [0.5, 0.6) is 5.75 Å². The van der Waals surface area contributed by atoms with Crippen LogP contribution < -0.4 is 14.8 Å². The van der Waals surface area contributed by atoms with Gasteiger partial charge in [-0.3, -0.25) is 4.72 Å². The number of aryl methyl sites for hydroxylation is 1. The first-order chi connectivity index (χ1) is 15.4. The first kappa shape index (κ1) is 24.6. The minimum absolute atomic E-state index is 0. The van der Waals surface area contributed by atoms with Crippen molar-refractivity contribution in [3.05, 3.63) is 89.3 Å². The Labute approximate surface area is 204 Å². The fourth-order valence-electron chi connectivity index (χ4n) is 3.13. The predicted molar refractivity (Wildman–Crippen MR) is 139 cm³/mol. The van der Waals surface area contributed by atoms with Crippen LogP contribution in [-0.2, 0) is 16.6 Å². The number of rotatable bonds is 8. The Morgan fingerprint density at radius 2 is 1.55 bits per heavy atom. The molecule has 0 aliphatic heterocycles. The lowest BCUT2D eigenvalue weighted by molar-refractivity contribution is 0.306. The van der Waals surface area contributed by atoms with E-state index in [4.69, 9.17) is 9.72 Å². The Bertz CT molecular complexity index is 1290. The zero-order chi connectivity index (χ0) is 22.6. The molecule has 6 nitrogen and oxygen atoms in total. The molecule has 4 rings (SSSR count). The van der Waals surface area contributed by atoms with Crippen molar-refractivity contribution in [2.75, 3.05) is 16.3 Å². The van der Waals surface area contributed by atoms with Gasteiger partial charge in [0, 0.05) is 21.8 Å². The van der Waals surface area contributed by atoms with Crippen molar-refractivity contribution in [2.45, 2.75) is 13.5 Å². The maximum Gasteiger partial charge on any atom is 0.229 e. The number of thiazole rings is 1. The van der Waals surface area contributed by atoms with Crippen LogP contribution in [0.2, 0.25) is 0 Å². The number of halogens is 1. The predicted octanol–water partition coefficient (Wildman–Crippen LogP) is 6.23. The summed E-state index contributed by atoms with van der Waals surface area (Å²) in [4.78, 5) is 5.78. The number of benzene rings is 3. The van der Waals surface area contributed by atoms with Gasteiger partial charge in [-0.2, -0.15) is 0 Å². The quantitative estimate of drug-likeness (QED) is 0.299. The maximum absolute atomic E-state index is 11.4.